The number of aliphatic hydroxyl groups excluding tert-OH is 1. The van der Waals surface area contributed by atoms with Gasteiger partial charge in [0.15, 0.2) is 0 Å². The molecule has 3 N–H and O–H groups in total. The maximum atomic E-state index is 12.3. The Morgan fingerprint density at radius 1 is 1.22 bits per heavy atom. The molecule has 1 fully saturated rings. The minimum absolute atomic E-state index is 0. The molecule has 36 heavy (non-hydrogen) atoms. The number of pyridine rings is 1. The van der Waals surface area contributed by atoms with Gasteiger partial charge in [0.2, 0.25) is 17.6 Å². The van der Waals surface area contributed by atoms with Gasteiger partial charge in [-0.15, -0.1) is 12.4 Å². The highest BCUT2D eigenvalue weighted by Gasteiger charge is 2.53. The summed E-state index contributed by atoms with van der Waals surface area (Å²) < 4.78 is 5.37. The number of nitrogens with zero attached hydrogens (tertiary/aromatic N) is 4. The molecule has 1 aromatic carbocycles. The van der Waals surface area contributed by atoms with Gasteiger partial charge in [-0.1, -0.05) is 50.2 Å². The number of amides is 1. The number of benzene rings is 1. The maximum Gasteiger partial charge on any atom is 0.248 e. The van der Waals surface area contributed by atoms with Crippen LogP contribution in [0.4, 0.5) is 0 Å². The Labute approximate surface area is 217 Å². The van der Waals surface area contributed by atoms with Crippen LogP contribution < -0.4 is 5.32 Å². The van der Waals surface area contributed by atoms with Gasteiger partial charge in [0.25, 0.3) is 0 Å². The lowest BCUT2D eigenvalue weighted by Crippen LogP contribution is -2.63. The third-order valence-corrected chi connectivity index (χ3v) is 7.00. The molecule has 0 spiro atoms. The van der Waals surface area contributed by atoms with Crippen LogP contribution in [0.5, 0.6) is 0 Å². The molecule has 3 heterocycles. The van der Waals surface area contributed by atoms with Crippen LogP contribution in [-0.2, 0) is 16.8 Å². The zero-order valence-corrected chi connectivity index (χ0v) is 21.9. The van der Waals surface area contributed by atoms with Crippen molar-refractivity contribution >= 4 is 18.3 Å². The van der Waals surface area contributed by atoms with Crippen molar-refractivity contribution in [1.82, 2.24) is 25.3 Å². The summed E-state index contributed by atoms with van der Waals surface area (Å²) >= 11 is 0. The first kappa shape index (κ1) is 27.7. The van der Waals surface area contributed by atoms with E-state index in [0.717, 1.165) is 5.56 Å². The number of nitrogens with one attached hydrogen (secondary N) is 1. The molecule has 10 heteroatoms. The minimum Gasteiger partial charge on any atom is -0.387 e. The smallest absolute Gasteiger partial charge is 0.248 e. The van der Waals surface area contributed by atoms with Gasteiger partial charge >= 0.3 is 0 Å². The first-order valence-corrected chi connectivity index (χ1v) is 11.8. The van der Waals surface area contributed by atoms with Gasteiger partial charge < -0.3 is 25.0 Å². The quantitative estimate of drug-likeness (QED) is 0.397. The molecule has 0 unspecified atom stereocenters. The number of halogens is 1. The number of aromatic nitrogens is 3. The van der Waals surface area contributed by atoms with Crippen LogP contribution in [0.1, 0.15) is 49.3 Å². The molecule has 9 nitrogen and oxygen atoms in total. The van der Waals surface area contributed by atoms with Crippen LogP contribution >= 0.6 is 12.4 Å². The number of likely N-dealkylation sites (N-methyl/N-ethyl adjacent to an activating group) is 1. The van der Waals surface area contributed by atoms with Crippen LogP contribution in [0.3, 0.4) is 0 Å². The van der Waals surface area contributed by atoms with Crippen molar-refractivity contribution in [3.63, 3.8) is 0 Å². The van der Waals surface area contributed by atoms with Crippen molar-refractivity contribution in [1.29, 1.82) is 0 Å². The van der Waals surface area contributed by atoms with Crippen molar-refractivity contribution in [3.05, 3.63) is 65.3 Å². The summed E-state index contributed by atoms with van der Waals surface area (Å²) in [7, 11) is 1.60. The summed E-state index contributed by atoms with van der Waals surface area (Å²) in [5.74, 6) is 0.760. The van der Waals surface area contributed by atoms with Crippen molar-refractivity contribution in [2.45, 2.75) is 38.7 Å². The Balaban J connectivity index is 0.00000361. The van der Waals surface area contributed by atoms with Crippen molar-refractivity contribution < 1.29 is 19.5 Å². The Morgan fingerprint density at radius 3 is 2.50 bits per heavy atom. The van der Waals surface area contributed by atoms with Gasteiger partial charge in [-0.3, -0.25) is 9.78 Å². The van der Waals surface area contributed by atoms with Crippen molar-refractivity contribution in [2.75, 3.05) is 33.3 Å². The SMILES string of the molecule is CC(C)c1ccc([C@](O)(c2cncc(-c3noc(CCN(C)C(=O)CO)n3)c2)C2(C)CNC2)cc1.Cl. The number of hydrogen-bond acceptors (Lipinski definition) is 8. The number of carbonyl (C=O) groups is 1. The topological polar surface area (TPSA) is 125 Å². The van der Waals surface area contributed by atoms with E-state index in [9.17, 15) is 9.90 Å². The molecular weight excluding hydrogens is 482 g/mol. The van der Waals surface area contributed by atoms with Crippen molar-refractivity contribution in [2.24, 2.45) is 5.41 Å². The highest BCUT2D eigenvalue weighted by molar-refractivity contribution is 5.85. The highest BCUT2D eigenvalue weighted by atomic mass is 35.5. The molecule has 1 aliphatic heterocycles. The lowest BCUT2D eigenvalue weighted by atomic mass is 9.63. The molecule has 1 amide bonds. The van der Waals surface area contributed by atoms with E-state index in [2.05, 4.69) is 53.3 Å². The zero-order valence-electron chi connectivity index (χ0n) is 21.1. The number of hydrogen-bond donors (Lipinski definition) is 3. The summed E-state index contributed by atoms with van der Waals surface area (Å²) in [5.41, 5.74) is 1.64. The van der Waals surface area contributed by atoms with Crippen LogP contribution in [0, 0.1) is 5.41 Å². The van der Waals surface area contributed by atoms with E-state index in [-0.39, 0.29) is 18.3 Å². The van der Waals surface area contributed by atoms with E-state index >= 15 is 0 Å². The normalized spacial score (nSPS) is 16.1. The zero-order chi connectivity index (χ0) is 25.2. The highest BCUT2D eigenvalue weighted by Crippen LogP contribution is 2.48. The van der Waals surface area contributed by atoms with E-state index in [1.165, 1.54) is 10.5 Å². The predicted octanol–water partition coefficient (Wildman–Crippen LogP) is 2.52. The predicted molar refractivity (Wildman–Crippen MR) is 138 cm³/mol. The van der Waals surface area contributed by atoms with E-state index in [4.69, 9.17) is 9.63 Å². The fourth-order valence-corrected chi connectivity index (χ4v) is 4.47. The molecule has 1 saturated heterocycles. The van der Waals surface area contributed by atoms with Gasteiger partial charge in [0.05, 0.1) is 0 Å². The van der Waals surface area contributed by atoms with Gasteiger partial charge in [0, 0.05) is 62.0 Å². The van der Waals surface area contributed by atoms with Crippen LogP contribution in [0.15, 0.2) is 47.2 Å². The molecule has 0 saturated carbocycles. The van der Waals surface area contributed by atoms with E-state index in [1.807, 2.05) is 18.2 Å². The van der Waals surface area contributed by atoms with Gasteiger partial charge in [-0.2, -0.15) is 4.98 Å². The fraction of sp³-hybridized carbons (Fsp3) is 0.462. The van der Waals surface area contributed by atoms with Gasteiger partial charge in [-0.25, -0.2) is 0 Å². The molecule has 4 rings (SSSR count). The number of rotatable bonds is 9. The summed E-state index contributed by atoms with van der Waals surface area (Å²) in [6.45, 7) is 7.51. The lowest BCUT2D eigenvalue weighted by Gasteiger charge is -2.52. The van der Waals surface area contributed by atoms with Gasteiger partial charge in [-0.05, 0) is 23.1 Å². The molecule has 2 aromatic heterocycles. The third kappa shape index (κ3) is 5.15. The lowest BCUT2D eigenvalue weighted by molar-refractivity contribution is -0.132. The number of aliphatic hydroxyl groups is 2. The van der Waals surface area contributed by atoms with Gasteiger partial charge in [0.1, 0.15) is 12.2 Å². The van der Waals surface area contributed by atoms with E-state index in [0.29, 0.717) is 54.8 Å². The number of carbonyl (C=O) groups excluding carboxylic acids is 1. The Morgan fingerprint density at radius 2 is 1.92 bits per heavy atom. The molecule has 1 aliphatic rings. The molecule has 1 atom stereocenters. The van der Waals surface area contributed by atoms with E-state index < -0.39 is 17.6 Å². The molecular formula is C26H34ClN5O4. The Kier molecular flexibility index (Phi) is 8.51. The second kappa shape index (κ2) is 11.0. The molecule has 0 radical (unpaired) electrons. The molecule has 0 bridgehead atoms. The average Bonchev–Trinajstić information content (AvgIpc) is 3.34. The second-order valence-electron chi connectivity index (χ2n) is 9.85. The maximum absolute atomic E-state index is 12.3. The third-order valence-electron chi connectivity index (χ3n) is 7.00. The summed E-state index contributed by atoms with van der Waals surface area (Å²) in [4.78, 5) is 21.8. The minimum atomic E-state index is -1.27. The summed E-state index contributed by atoms with van der Waals surface area (Å²) in [6.07, 6.45) is 3.70. The van der Waals surface area contributed by atoms with Crippen LogP contribution in [0.2, 0.25) is 0 Å². The van der Waals surface area contributed by atoms with E-state index in [1.54, 1.807) is 19.4 Å². The fourth-order valence-electron chi connectivity index (χ4n) is 4.47. The largest absolute Gasteiger partial charge is 0.387 e. The Hall–Kier alpha value is -2.85. The molecule has 3 aromatic rings. The van der Waals surface area contributed by atoms with Crippen LogP contribution in [0.25, 0.3) is 11.4 Å². The monoisotopic (exact) mass is 515 g/mol. The first-order chi connectivity index (χ1) is 16.7. The average molecular weight is 516 g/mol. The molecule has 194 valence electrons. The second-order valence-corrected chi connectivity index (χ2v) is 9.85. The standard InChI is InChI=1S/C26H33N5O4.ClH/c1-17(2)18-5-7-20(8-6-18)26(34,25(3)15-28-16-25)21-11-19(12-27-13-21)24-29-22(35-30-24)9-10-31(4)23(33)14-32;/h5-8,11-13,17,28,32,34H,9-10,14-16H2,1-4H3;1H/t26-;/m0./s1. The summed E-state index contributed by atoms with van der Waals surface area (Å²) in [6, 6.07) is 10.0. The first-order valence-electron chi connectivity index (χ1n) is 11.8. The van der Waals surface area contributed by atoms with Crippen molar-refractivity contribution in [3.8, 4) is 11.4 Å². The van der Waals surface area contributed by atoms with Crippen LogP contribution in [-0.4, -0.2) is 69.4 Å². The molecule has 0 aliphatic carbocycles. The Bertz CT molecular complexity index is 1180. The summed E-state index contributed by atoms with van der Waals surface area (Å²) in [5, 5.41) is 28.6.